The summed E-state index contributed by atoms with van der Waals surface area (Å²) >= 11 is 0. The third kappa shape index (κ3) is 4.18. The Morgan fingerprint density at radius 1 is 1.32 bits per heavy atom. The fraction of sp³-hybridized carbons (Fsp3) is 0.412. The first-order valence-electron chi connectivity index (χ1n) is 7.39. The molecule has 1 fully saturated rings. The minimum atomic E-state index is -0.0913. The lowest BCUT2D eigenvalue weighted by Gasteiger charge is -2.14. The number of methoxy groups -OCH3 is 1. The maximum Gasteiger partial charge on any atom is 0.246 e. The SMILES string of the molecule is CNC(=O)C[C@H]1CN(C(=O)C=Cc2ccccc2)C[C@@H]1OC. The molecule has 0 aromatic heterocycles. The van der Waals surface area contributed by atoms with Crippen LogP contribution in [0.3, 0.4) is 0 Å². The molecule has 1 aliphatic heterocycles. The Morgan fingerprint density at radius 2 is 2.05 bits per heavy atom. The predicted octanol–water partition coefficient (Wildman–Crippen LogP) is 1.31. The van der Waals surface area contributed by atoms with Crippen molar-refractivity contribution >= 4 is 17.9 Å². The molecule has 1 N–H and O–H groups in total. The van der Waals surface area contributed by atoms with Crippen LogP contribution in [0.25, 0.3) is 6.08 Å². The summed E-state index contributed by atoms with van der Waals surface area (Å²) in [4.78, 5) is 25.5. The Morgan fingerprint density at radius 3 is 2.68 bits per heavy atom. The summed E-state index contributed by atoms with van der Waals surface area (Å²) in [5.74, 6) is -0.0366. The fourth-order valence-corrected chi connectivity index (χ4v) is 2.66. The molecule has 0 radical (unpaired) electrons. The molecule has 1 aliphatic rings. The normalized spacial score (nSPS) is 21.3. The van der Waals surface area contributed by atoms with Gasteiger partial charge in [-0.25, -0.2) is 0 Å². The number of nitrogens with one attached hydrogen (secondary N) is 1. The second-order valence-electron chi connectivity index (χ2n) is 5.40. The van der Waals surface area contributed by atoms with Gasteiger partial charge in [-0.15, -0.1) is 0 Å². The Labute approximate surface area is 130 Å². The fourth-order valence-electron chi connectivity index (χ4n) is 2.66. The summed E-state index contributed by atoms with van der Waals surface area (Å²) in [6, 6.07) is 9.69. The molecule has 0 aliphatic carbocycles. The van der Waals surface area contributed by atoms with E-state index in [1.807, 2.05) is 30.3 Å². The summed E-state index contributed by atoms with van der Waals surface area (Å²) in [5.41, 5.74) is 0.986. The highest BCUT2D eigenvalue weighted by molar-refractivity contribution is 5.92. The molecule has 5 heteroatoms. The monoisotopic (exact) mass is 302 g/mol. The van der Waals surface area contributed by atoms with Gasteiger partial charge in [0.1, 0.15) is 0 Å². The van der Waals surface area contributed by atoms with Gasteiger partial charge in [0.15, 0.2) is 0 Å². The van der Waals surface area contributed by atoms with E-state index in [1.165, 1.54) is 0 Å². The molecule has 5 nitrogen and oxygen atoms in total. The minimum Gasteiger partial charge on any atom is -0.379 e. The third-order valence-electron chi connectivity index (χ3n) is 3.94. The van der Waals surface area contributed by atoms with Crippen molar-refractivity contribution in [1.82, 2.24) is 10.2 Å². The molecule has 1 heterocycles. The third-order valence-corrected chi connectivity index (χ3v) is 3.94. The highest BCUT2D eigenvalue weighted by atomic mass is 16.5. The second-order valence-corrected chi connectivity index (χ2v) is 5.40. The van der Waals surface area contributed by atoms with Crippen molar-refractivity contribution in [3.05, 3.63) is 42.0 Å². The van der Waals surface area contributed by atoms with Gasteiger partial charge in [0.25, 0.3) is 0 Å². The molecule has 0 spiro atoms. The van der Waals surface area contributed by atoms with E-state index in [-0.39, 0.29) is 23.8 Å². The first-order chi connectivity index (χ1) is 10.6. The van der Waals surface area contributed by atoms with E-state index in [9.17, 15) is 9.59 Å². The van der Waals surface area contributed by atoms with Crippen molar-refractivity contribution in [3.63, 3.8) is 0 Å². The van der Waals surface area contributed by atoms with Crippen LogP contribution in [-0.2, 0) is 14.3 Å². The van der Waals surface area contributed by atoms with Gasteiger partial charge >= 0.3 is 0 Å². The van der Waals surface area contributed by atoms with Gasteiger partial charge in [0.05, 0.1) is 6.10 Å². The van der Waals surface area contributed by atoms with Crippen molar-refractivity contribution in [3.8, 4) is 0 Å². The van der Waals surface area contributed by atoms with Crippen LogP contribution in [0, 0.1) is 5.92 Å². The van der Waals surface area contributed by atoms with Gasteiger partial charge in [-0.2, -0.15) is 0 Å². The highest BCUT2D eigenvalue weighted by Gasteiger charge is 2.35. The van der Waals surface area contributed by atoms with Crippen LogP contribution in [0.1, 0.15) is 12.0 Å². The molecule has 1 saturated heterocycles. The summed E-state index contributed by atoms with van der Waals surface area (Å²) in [7, 11) is 3.24. The molecular formula is C17H22N2O3. The van der Waals surface area contributed by atoms with Gasteiger partial charge in [-0.1, -0.05) is 30.3 Å². The van der Waals surface area contributed by atoms with E-state index in [4.69, 9.17) is 4.74 Å². The number of benzene rings is 1. The number of nitrogens with zero attached hydrogens (tertiary/aromatic N) is 1. The zero-order chi connectivity index (χ0) is 15.9. The van der Waals surface area contributed by atoms with Gasteiger partial charge in [-0.3, -0.25) is 9.59 Å². The maximum atomic E-state index is 12.3. The van der Waals surface area contributed by atoms with Crippen LogP contribution in [0.5, 0.6) is 0 Å². The van der Waals surface area contributed by atoms with Gasteiger partial charge in [0.2, 0.25) is 11.8 Å². The average Bonchev–Trinajstić information content (AvgIpc) is 2.96. The molecule has 2 amide bonds. The Balaban J connectivity index is 1.96. The van der Waals surface area contributed by atoms with Crippen LogP contribution in [0.2, 0.25) is 0 Å². The summed E-state index contributed by atoms with van der Waals surface area (Å²) in [6.45, 7) is 1.07. The molecule has 1 aromatic rings. The number of ether oxygens (including phenoxy) is 1. The van der Waals surface area contributed by atoms with E-state index in [0.717, 1.165) is 5.56 Å². The smallest absolute Gasteiger partial charge is 0.246 e. The van der Waals surface area contributed by atoms with Gasteiger partial charge in [0, 0.05) is 45.7 Å². The first-order valence-corrected chi connectivity index (χ1v) is 7.39. The van der Waals surface area contributed by atoms with Crippen molar-refractivity contribution in [1.29, 1.82) is 0 Å². The van der Waals surface area contributed by atoms with Crippen molar-refractivity contribution in [2.45, 2.75) is 12.5 Å². The van der Waals surface area contributed by atoms with Crippen LogP contribution in [0.4, 0.5) is 0 Å². The highest BCUT2D eigenvalue weighted by Crippen LogP contribution is 2.23. The number of likely N-dealkylation sites (tertiary alicyclic amines) is 1. The van der Waals surface area contributed by atoms with Gasteiger partial charge < -0.3 is 15.0 Å². The van der Waals surface area contributed by atoms with Crippen LogP contribution in [-0.4, -0.2) is 50.1 Å². The topological polar surface area (TPSA) is 58.6 Å². The quantitative estimate of drug-likeness (QED) is 0.834. The Kier molecular flexibility index (Phi) is 5.72. The average molecular weight is 302 g/mol. The summed E-state index contributed by atoms with van der Waals surface area (Å²) in [5, 5.41) is 2.62. The van der Waals surface area contributed by atoms with E-state index in [0.29, 0.717) is 19.5 Å². The molecular weight excluding hydrogens is 280 g/mol. The van der Waals surface area contributed by atoms with E-state index >= 15 is 0 Å². The molecule has 22 heavy (non-hydrogen) atoms. The van der Waals surface area contributed by atoms with Crippen molar-refractivity contribution in [2.75, 3.05) is 27.2 Å². The number of hydrogen-bond acceptors (Lipinski definition) is 3. The van der Waals surface area contributed by atoms with Crippen LogP contribution >= 0.6 is 0 Å². The Hall–Kier alpha value is -2.14. The van der Waals surface area contributed by atoms with Crippen LogP contribution < -0.4 is 5.32 Å². The van der Waals surface area contributed by atoms with Crippen molar-refractivity contribution in [2.24, 2.45) is 5.92 Å². The standard InChI is InChI=1S/C17H22N2O3/c1-18-16(20)10-14-11-19(12-15(14)22-2)17(21)9-8-13-6-4-3-5-7-13/h3-9,14-15H,10-12H2,1-2H3,(H,18,20)/t14-,15-/m0/s1. The minimum absolute atomic E-state index is 0.0267. The molecule has 1 aromatic carbocycles. The molecule has 0 bridgehead atoms. The number of carbonyl (C=O) groups is 2. The lowest BCUT2D eigenvalue weighted by atomic mass is 10.0. The number of hydrogen-bond donors (Lipinski definition) is 1. The summed E-state index contributed by atoms with van der Waals surface area (Å²) < 4.78 is 5.41. The van der Waals surface area contributed by atoms with E-state index in [1.54, 1.807) is 31.2 Å². The Bertz CT molecular complexity index is 542. The predicted molar refractivity (Wildman–Crippen MR) is 85.0 cm³/mol. The molecule has 0 unspecified atom stereocenters. The lowest BCUT2D eigenvalue weighted by molar-refractivity contribution is -0.126. The second kappa shape index (κ2) is 7.75. The van der Waals surface area contributed by atoms with E-state index in [2.05, 4.69) is 5.32 Å². The van der Waals surface area contributed by atoms with Crippen LogP contribution in [0.15, 0.2) is 36.4 Å². The zero-order valence-corrected chi connectivity index (χ0v) is 13.0. The lowest BCUT2D eigenvalue weighted by Crippen LogP contribution is -2.28. The molecule has 2 atom stereocenters. The molecule has 118 valence electrons. The van der Waals surface area contributed by atoms with E-state index < -0.39 is 0 Å². The molecule has 0 saturated carbocycles. The maximum absolute atomic E-state index is 12.3. The molecule has 2 rings (SSSR count). The first kappa shape index (κ1) is 16.2. The number of carbonyl (C=O) groups excluding carboxylic acids is 2. The summed E-state index contributed by atoms with van der Waals surface area (Å²) in [6.07, 6.45) is 3.66. The van der Waals surface area contributed by atoms with Crippen molar-refractivity contribution < 1.29 is 14.3 Å². The number of amides is 2. The zero-order valence-electron chi connectivity index (χ0n) is 13.0. The van der Waals surface area contributed by atoms with Gasteiger partial charge in [-0.05, 0) is 11.6 Å². The largest absolute Gasteiger partial charge is 0.379 e. The number of rotatable bonds is 5.